The number of nitrogens with zero attached hydrogens (tertiary/aromatic N) is 1. The highest BCUT2D eigenvalue weighted by atomic mass is 35.5. The van der Waals surface area contributed by atoms with Gasteiger partial charge in [-0.25, -0.2) is 4.79 Å². The molecule has 0 saturated heterocycles. The number of aromatic nitrogens is 1. The molecule has 25 heavy (non-hydrogen) atoms. The second-order valence-electron chi connectivity index (χ2n) is 5.72. The summed E-state index contributed by atoms with van der Waals surface area (Å²) in [6.45, 7) is 1.69. The first-order chi connectivity index (χ1) is 12.1. The van der Waals surface area contributed by atoms with Crippen LogP contribution >= 0.6 is 11.6 Å². The molecule has 0 spiro atoms. The zero-order chi connectivity index (χ0) is 17.6. The summed E-state index contributed by atoms with van der Waals surface area (Å²) in [5, 5.41) is 1.38. The number of benzene rings is 2. The Morgan fingerprint density at radius 1 is 1.12 bits per heavy atom. The summed E-state index contributed by atoms with van der Waals surface area (Å²) in [6, 6.07) is 17.0. The minimum atomic E-state index is -0.414. The van der Waals surface area contributed by atoms with E-state index in [0.717, 1.165) is 10.9 Å². The average Bonchev–Trinajstić information content (AvgIpc) is 2.62. The van der Waals surface area contributed by atoms with E-state index in [1.807, 2.05) is 43.3 Å². The van der Waals surface area contributed by atoms with Gasteiger partial charge in [0.05, 0.1) is 5.02 Å². The van der Waals surface area contributed by atoms with Crippen LogP contribution in [-0.4, -0.2) is 23.7 Å². The van der Waals surface area contributed by atoms with Crippen LogP contribution < -0.4 is 4.74 Å². The Labute approximate surface area is 151 Å². The van der Waals surface area contributed by atoms with Gasteiger partial charge >= 0.3 is 5.97 Å². The summed E-state index contributed by atoms with van der Waals surface area (Å²) in [4.78, 5) is 16.3. The number of esters is 1. The van der Waals surface area contributed by atoms with E-state index in [1.165, 1.54) is 0 Å². The number of ether oxygens (including phenoxy) is 2. The van der Waals surface area contributed by atoms with E-state index in [9.17, 15) is 4.79 Å². The maximum absolute atomic E-state index is 12.0. The van der Waals surface area contributed by atoms with Crippen LogP contribution in [0.5, 0.6) is 5.75 Å². The van der Waals surface area contributed by atoms with E-state index < -0.39 is 5.97 Å². The molecule has 4 nitrogen and oxygen atoms in total. The second-order valence-corrected chi connectivity index (χ2v) is 6.13. The largest absolute Gasteiger partial charge is 0.480 e. The molecular weight excluding hydrogens is 338 g/mol. The number of carbonyl (C=O) groups is 1. The predicted octanol–water partition coefficient (Wildman–Crippen LogP) is 4.44. The van der Waals surface area contributed by atoms with Gasteiger partial charge in [-0.3, -0.25) is 4.98 Å². The zero-order valence-electron chi connectivity index (χ0n) is 13.8. The third-order valence-electron chi connectivity index (χ3n) is 3.72. The van der Waals surface area contributed by atoms with E-state index in [1.54, 1.807) is 24.4 Å². The molecule has 128 valence electrons. The minimum absolute atomic E-state index is 0.174. The van der Waals surface area contributed by atoms with Crippen LogP contribution in [0.25, 0.3) is 10.9 Å². The molecule has 0 aliphatic rings. The number of pyridine rings is 1. The standard InChI is InChI=1S/C20H18ClNO3/c1-14(12-15-6-3-2-4-7-15)25-19(23)13-24-18-10-9-17(21)16-8-5-11-22-20(16)18/h2-11,14H,12-13H2,1H3. The lowest BCUT2D eigenvalue weighted by molar-refractivity contribution is -0.150. The number of hydrogen-bond donors (Lipinski definition) is 0. The maximum atomic E-state index is 12.0. The molecule has 0 fully saturated rings. The fourth-order valence-electron chi connectivity index (χ4n) is 2.61. The van der Waals surface area contributed by atoms with Crippen molar-refractivity contribution in [1.82, 2.24) is 4.98 Å². The van der Waals surface area contributed by atoms with Crippen molar-refractivity contribution in [1.29, 1.82) is 0 Å². The predicted molar refractivity (Wildman–Crippen MR) is 97.9 cm³/mol. The molecule has 1 aromatic heterocycles. The highest BCUT2D eigenvalue weighted by Gasteiger charge is 2.13. The van der Waals surface area contributed by atoms with Crippen molar-refractivity contribution in [2.24, 2.45) is 0 Å². The van der Waals surface area contributed by atoms with Gasteiger partial charge < -0.3 is 9.47 Å². The normalized spacial score (nSPS) is 11.9. The van der Waals surface area contributed by atoms with Gasteiger partial charge in [-0.2, -0.15) is 0 Å². The smallest absolute Gasteiger partial charge is 0.344 e. The molecule has 0 amide bonds. The molecule has 0 saturated carbocycles. The lowest BCUT2D eigenvalue weighted by atomic mass is 10.1. The Balaban J connectivity index is 1.58. The summed E-state index contributed by atoms with van der Waals surface area (Å²) in [7, 11) is 0. The Hall–Kier alpha value is -2.59. The molecule has 0 aliphatic heterocycles. The first kappa shape index (κ1) is 17.2. The van der Waals surface area contributed by atoms with Crippen LogP contribution in [-0.2, 0) is 16.0 Å². The number of carbonyl (C=O) groups excluding carboxylic acids is 1. The molecule has 3 rings (SSSR count). The fraction of sp³-hybridized carbons (Fsp3) is 0.200. The van der Waals surface area contributed by atoms with Crippen molar-refractivity contribution in [3.05, 3.63) is 71.4 Å². The van der Waals surface area contributed by atoms with E-state index in [-0.39, 0.29) is 12.7 Å². The summed E-state index contributed by atoms with van der Waals surface area (Å²) in [6.07, 6.45) is 2.10. The lowest BCUT2D eigenvalue weighted by Gasteiger charge is -2.14. The summed E-state index contributed by atoms with van der Waals surface area (Å²) in [5.74, 6) is 0.0927. The number of halogens is 1. The molecule has 3 aromatic rings. The molecule has 1 heterocycles. The minimum Gasteiger partial charge on any atom is -0.480 e. The van der Waals surface area contributed by atoms with Crippen molar-refractivity contribution in [3.63, 3.8) is 0 Å². The van der Waals surface area contributed by atoms with Crippen molar-refractivity contribution in [2.45, 2.75) is 19.4 Å². The van der Waals surface area contributed by atoms with E-state index in [0.29, 0.717) is 22.7 Å². The zero-order valence-corrected chi connectivity index (χ0v) is 14.6. The SMILES string of the molecule is CC(Cc1ccccc1)OC(=O)COc1ccc(Cl)c2cccnc12. The molecule has 5 heteroatoms. The third kappa shape index (κ3) is 4.48. The van der Waals surface area contributed by atoms with Gasteiger partial charge in [0.2, 0.25) is 0 Å². The Morgan fingerprint density at radius 2 is 1.92 bits per heavy atom. The van der Waals surface area contributed by atoms with Gasteiger partial charge in [0.1, 0.15) is 17.4 Å². The molecule has 0 N–H and O–H groups in total. The lowest BCUT2D eigenvalue weighted by Crippen LogP contribution is -2.22. The average molecular weight is 356 g/mol. The van der Waals surface area contributed by atoms with Gasteiger partial charge in [0.15, 0.2) is 6.61 Å². The summed E-state index contributed by atoms with van der Waals surface area (Å²) < 4.78 is 11.0. The van der Waals surface area contributed by atoms with Crippen LogP contribution in [0.2, 0.25) is 5.02 Å². The van der Waals surface area contributed by atoms with Crippen molar-refractivity contribution < 1.29 is 14.3 Å². The summed E-state index contributed by atoms with van der Waals surface area (Å²) >= 11 is 6.15. The molecule has 1 unspecified atom stereocenters. The molecule has 1 atom stereocenters. The van der Waals surface area contributed by atoms with Crippen LogP contribution in [0.15, 0.2) is 60.8 Å². The highest BCUT2D eigenvalue weighted by molar-refractivity contribution is 6.35. The Bertz CT molecular complexity index is 867. The first-order valence-electron chi connectivity index (χ1n) is 8.03. The Kier molecular flexibility index (Phi) is 5.51. The van der Waals surface area contributed by atoms with Gasteiger partial charge in [-0.05, 0) is 36.8 Å². The monoisotopic (exact) mass is 355 g/mol. The number of fused-ring (bicyclic) bond motifs is 1. The van der Waals surface area contributed by atoms with Crippen molar-refractivity contribution >= 4 is 28.5 Å². The van der Waals surface area contributed by atoms with Crippen molar-refractivity contribution in [3.8, 4) is 5.75 Å². The van der Waals surface area contributed by atoms with Gasteiger partial charge in [-0.15, -0.1) is 0 Å². The second kappa shape index (κ2) is 7.99. The van der Waals surface area contributed by atoms with Gasteiger partial charge in [0.25, 0.3) is 0 Å². The van der Waals surface area contributed by atoms with Crippen LogP contribution in [0, 0.1) is 0 Å². The number of hydrogen-bond acceptors (Lipinski definition) is 4. The molecule has 0 aliphatic carbocycles. The Morgan fingerprint density at radius 3 is 2.72 bits per heavy atom. The first-order valence-corrected chi connectivity index (χ1v) is 8.40. The summed E-state index contributed by atoms with van der Waals surface area (Å²) in [5.41, 5.74) is 1.75. The van der Waals surface area contributed by atoms with Gasteiger partial charge in [-0.1, -0.05) is 41.9 Å². The highest BCUT2D eigenvalue weighted by Crippen LogP contribution is 2.29. The fourth-order valence-corrected chi connectivity index (χ4v) is 2.83. The van der Waals surface area contributed by atoms with Gasteiger partial charge in [0, 0.05) is 18.0 Å². The van der Waals surface area contributed by atoms with Crippen molar-refractivity contribution in [2.75, 3.05) is 6.61 Å². The quantitative estimate of drug-likeness (QED) is 0.613. The van der Waals surface area contributed by atoms with Crippen LogP contribution in [0.4, 0.5) is 0 Å². The van der Waals surface area contributed by atoms with Crippen LogP contribution in [0.1, 0.15) is 12.5 Å². The molecule has 0 bridgehead atoms. The number of rotatable bonds is 6. The molecule has 0 radical (unpaired) electrons. The third-order valence-corrected chi connectivity index (χ3v) is 4.05. The topological polar surface area (TPSA) is 48.4 Å². The van der Waals surface area contributed by atoms with E-state index in [2.05, 4.69) is 4.98 Å². The van der Waals surface area contributed by atoms with E-state index in [4.69, 9.17) is 21.1 Å². The maximum Gasteiger partial charge on any atom is 0.344 e. The molecule has 2 aromatic carbocycles. The van der Waals surface area contributed by atoms with E-state index >= 15 is 0 Å². The molecular formula is C20H18ClNO3. The van der Waals surface area contributed by atoms with Crippen LogP contribution in [0.3, 0.4) is 0 Å².